The topological polar surface area (TPSA) is 64.8 Å². The van der Waals surface area contributed by atoms with Gasteiger partial charge in [0.25, 0.3) is 5.91 Å². The first kappa shape index (κ1) is 15.2. The Morgan fingerprint density at radius 3 is 3.04 bits per heavy atom. The van der Waals surface area contributed by atoms with E-state index in [1.165, 1.54) is 5.56 Å². The number of aromatic nitrogens is 3. The molecule has 1 aromatic carbocycles. The molecule has 0 saturated carbocycles. The molecule has 1 atom stereocenters. The first-order valence-corrected chi connectivity index (χ1v) is 9.08. The number of hydrogen-bond acceptors (Lipinski definition) is 2. The van der Waals surface area contributed by atoms with Crippen LogP contribution in [-0.2, 0) is 0 Å². The minimum Gasteiger partial charge on any atom is -0.351 e. The molecule has 4 heterocycles. The zero-order chi connectivity index (χ0) is 17.5. The average Bonchev–Trinajstić information content (AvgIpc) is 3.31. The van der Waals surface area contributed by atoms with E-state index in [1.807, 2.05) is 41.3 Å². The van der Waals surface area contributed by atoms with Gasteiger partial charge in [-0.3, -0.25) is 4.79 Å². The first-order chi connectivity index (χ1) is 12.8. The van der Waals surface area contributed by atoms with Gasteiger partial charge < -0.3 is 14.9 Å². The van der Waals surface area contributed by atoms with Crippen LogP contribution < -0.4 is 0 Å². The van der Waals surface area contributed by atoms with Crippen molar-refractivity contribution in [3.63, 3.8) is 0 Å². The van der Waals surface area contributed by atoms with Crippen LogP contribution >= 0.6 is 0 Å². The number of nitrogens with zero attached hydrogens (tertiary/aromatic N) is 2. The molecule has 5 nitrogen and oxygen atoms in total. The lowest BCUT2D eigenvalue weighted by atomic mass is 9.90. The van der Waals surface area contributed by atoms with Crippen LogP contribution in [0.1, 0.15) is 34.8 Å². The molecule has 26 heavy (non-hydrogen) atoms. The molecule has 5 heteroatoms. The quantitative estimate of drug-likeness (QED) is 0.576. The fourth-order valence-corrected chi connectivity index (χ4v) is 4.09. The molecular weight excluding hydrogens is 324 g/mol. The summed E-state index contributed by atoms with van der Waals surface area (Å²) >= 11 is 0. The normalized spacial score (nSPS) is 17.8. The second kappa shape index (κ2) is 6.02. The highest BCUT2D eigenvalue weighted by atomic mass is 16.2. The van der Waals surface area contributed by atoms with E-state index in [-0.39, 0.29) is 5.91 Å². The third kappa shape index (κ3) is 2.47. The van der Waals surface area contributed by atoms with Gasteiger partial charge in [0.2, 0.25) is 0 Å². The number of carbonyl (C=O) groups is 1. The minimum absolute atomic E-state index is 0.0869. The highest BCUT2D eigenvalue weighted by Gasteiger charge is 2.27. The summed E-state index contributed by atoms with van der Waals surface area (Å²) in [5.41, 5.74) is 3.86. The molecular formula is C21H20N4O. The van der Waals surface area contributed by atoms with Crippen molar-refractivity contribution in [3.05, 3.63) is 66.1 Å². The maximum Gasteiger partial charge on any atom is 0.270 e. The Balaban J connectivity index is 1.42. The summed E-state index contributed by atoms with van der Waals surface area (Å²) in [5.74, 6) is 0.430. The number of benzene rings is 1. The van der Waals surface area contributed by atoms with Gasteiger partial charge in [-0.25, -0.2) is 4.98 Å². The fourth-order valence-electron chi connectivity index (χ4n) is 4.09. The SMILES string of the molecule is O=C(c1cc2ccccc2[nH]1)N1CCC[C@H](c2c[nH]c3ncccc23)C1. The van der Waals surface area contributed by atoms with Crippen LogP contribution in [0.5, 0.6) is 0 Å². The van der Waals surface area contributed by atoms with Gasteiger partial charge in [-0.1, -0.05) is 18.2 Å². The Morgan fingerprint density at radius 1 is 1.19 bits per heavy atom. The van der Waals surface area contributed by atoms with E-state index in [1.54, 1.807) is 6.20 Å². The lowest BCUT2D eigenvalue weighted by Crippen LogP contribution is -2.39. The summed E-state index contributed by atoms with van der Waals surface area (Å²) in [6, 6.07) is 14.0. The first-order valence-electron chi connectivity index (χ1n) is 9.08. The number of para-hydroxylation sites is 1. The van der Waals surface area contributed by atoms with Crippen molar-refractivity contribution in [2.75, 3.05) is 13.1 Å². The molecule has 3 aromatic heterocycles. The summed E-state index contributed by atoms with van der Waals surface area (Å²) in [7, 11) is 0. The summed E-state index contributed by atoms with van der Waals surface area (Å²) in [6.07, 6.45) is 5.97. The molecule has 0 bridgehead atoms. The molecule has 2 N–H and O–H groups in total. The van der Waals surface area contributed by atoms with Gasteiger partial charge in [0, 0.05) is 47.7 Å². The van der Waals surface area contributed by atoms with Crippen molar-refractivity contribution in [2.45, 2.75) is 18.8 Å². The Bertz CT molecular complexity index is 1060. The number of piperidine rings is 1. The number of carbonyl (C=O) groups excluding carboxylic acids is 1. The number of aromatic amines is 2. The molecule has 5 rings (SSSR count). The van der Waals surface area contributed by atoms with Gasteiger partial charge in [-0.2, -0.15) is 0 Å². The Labute approximate surface area is 151 Å². The molecule has 1 aliphatic heterocycles. The van der Waals surface area contributed by atoms with Crippen molar-refractivity contribution in [3.8, 4) is 0 Å². The average molecular weight is 344 g/mol. The van der Waals surface area contributed by atoms with Crippen molar-refractivity contribution < 1.29 is 4.79 Å². The van der Waals surface area contributed by atoms with Crippen LogP contribution in [0, 0.1) is 0 Å². The number of hydrogen-bond donors (Lipinski definition) is 2. The van der Waals surface area contributed by atoms with Gasteiger partial charge in [-0.05, 0) is 42.7 Å². The second-order valence-corrected chi connectivity index (χ2v) is 7.00. The fraction of sp³-hybridized carbons (Fsp3) is 0.238. The molecule has 4 aromatic rings. The van der Waals surface area contributed by atoms with Gasteiger partial charge in [-0.15, -0.1) is 0 Å². The van der Waals surface area contributed by atoms with Crippen LogP contribution in [0.25, 0.3) is 21.9 Å². The molecule has 1 aliphatic rings. The number of amides is 1. The predicted octanol–water partition coefficient (Wildman–Crippen LogP) is 4.06. The molecule has 1 fully saturated rings. The van der Waals surface area contributed by atoms with Gasteiger partial charge in [0.05, 0.1) is 0 Å². The Kier molecular flexibility index (Phi) is 3.52. The zero-order valence-electron chi connectivity index (χ0n) is 14.4. The van der Waals surface area contributed by atoms with Crippen LogP contribution in [0.2, 0.25) is 0 Å². The van der Waals surface area contributed by atoms with E-state index in [0.717, 1.165) is 47.9 Å². The van der Waals surface area contributed by atoms with Gasteiger partial charge in [0.15, 0.2) is 0 Å². The predicted molar refractivity (Wildman–Crippen MR) is 102 cm³/mol. The summed E-state index contributed by atoms with van der Waals surface area (Å²) in [5, 5.41) is 2.24. The molecule has 0 aliphatic carbocycles. The monoisotopic (exact) mass is 344 g/mol. The van der Waals surface area contributed by atoms with Crippen molar-refractivity contribution in [1.82, 2.24) is 19.9 Å². The molecule has 0 unspecified atom stereocenters. The van der Waals surface area contributed by atoms with Gasteiger partial charge >= 0.3 is 0 Å². The number of fused-ring (bicyclic) bond motifs is 2. The molecule has 1 amide bonds. The van der Waals surface area contributed by atoms with Crippen molar-refractivity contribution in [1.29, 1.82) is 0 Å². The van der Waals surface area contributed by atoms with Crippen molar-refractivity contribution >= 4 is 27.8 Å². The second-order valence-electron chi connectivity index (χ2n) is 7.00. The zero-order valence-corrected chi connectivity index (χ0v) is 14.4. The molecule has 1 saturated heterocycles. The standard InChI is InChI=1S/C21H20N4O/c26-21(19-11-14-5-1-2-8-18(14)24-19)25-10-4-6-15(13-25)17-12-23-20-16(17)7-3-9-22-20/h1-3,5,7-9,11-12,15,24H,4,6,10,13H2,(H,22,23)/t15-/m0/s1. The Morgan fingerprint density at radius 2 is 2.12 bits per heavy atom. The summed E-state index contributed by atoms with van der Waals surface area (Å²) in [4.78, 5) is 25.9. The minimum atomic E-state index is 0.0869. The summed E-state index contributed by atoms with van der Waals surface area (Å²) < 4.78 is 0. The smallest absolute Gasteiger partial charge is 0.270 e. The third-order valence-corrected chi connectivity index (χ3v) is 5.39. The highest BCUT2D eigenvalue weighted by molar-refractivity contribution is 5.98. The van der Waals surface area contributed by atoms with E-state index in [9.17, 15) is 4.79 Å². The maximum absolute atomic E-state index is 13.0. The van der Waals surface area contributed by atoms with E-state index in [4.69, 9.17) is 0 Å². The molecule has 130 valence electrons. The van der Waals surface area contributed by atoms with Gasteiger partial charge in [0.1, 0.15) is 11.3 Å². The van der Waals surface area contributed by atoms with Crippen LogP contribution in [0.4, 0.5) is 0 Å². The number of rotatable bonds is 2. The van der Waals surface area contributed by atoms with E-state index < -0.39 is 0 Å². The molecule has 0 radical (unpaired) electrons. The lowest BCUT2D eigenvalue weighted by Gasteiger charge is -2.32. The van der Waals surface area contributed by atoms with Crippen LogP contribution in [-0.4, -0.2) is 38.8 Å². The molecule has 0 spiro atoms. The number of pyridine rings is 1. The van der Waals surface area contributed by atoms with E-state index in [0.29, 0.717) is 11.6 Å². The highest BCUT2D eigenvalue weighted by Crippen LogP contribution is 2.32. The van der Waals surface area contributed by atoms with Crippen LogP contribution in [0.15, 0.2) is 54.9 Å². The van der Waals surface area contributed by atoms with E-state index >= 15 is 0 Å². The number of H-pyrrole nitrogens is 2. The maximum atomic E-state index is 13.0. The lowest BCUT2D eigenvalue weighted by molar-refractivity contribution is 0.0702. The van der Waals surface area contributed by atoms with Crippen molar-refractivity contribution in [2.24, 2.45) is 0 Å². The largest absolute Gasteiger partial charge is 0.351 e. The third-order valence-electron chi connectivity index (χ3n) is 5.39. The number of nitrogens with one attached hydrogen (secondary N) is 2. The van der Waals surface area contributed by atoms with Crippen LogP contribution in [0.3, 0.4) is 0 Å². The van der Waals surface area contributed by atoms with E-state index in [2.05, 4.69) is 27.2 Å². The Hall–Kier alpha value is -3.08. The summed E-state index contributed by atoms with van der Waals surface area (Å²) in [6.45, 7) is 1.56. The number of likely N-dealkylation sites (tertiary alicyclic amines) is 1.